The monoisotopic (exact) mass is 326 g/mol. The van der Waals surface area contributed by atoms with Crippen LogP contribution < -0.4 is 14.8 Å². The van der Waals surface area contributed by atoms with E-state index in [0.29, 0.717) is 29.5 Å². The van der Waals surface area contributed by atoms with Gasteiger partial charge in [0, 0.05) is 17.5 Å². The van der Waals surface area contributed by atoms with Crippen molar-refractivity contribution < 1.29 is 13.2 Å². The molecule has 0 radical (unpaired) electrons. The van der Waals surface area contributed by atoms with Crippen molar-refractivity contribution in [2.45, 2.75) is 18.4 Å². The summed E-state index contributed by atoms with van der Waals surface area (Å²) in [4.78, 5) is 1.09. The topological polar surface area (TPSA) is 67.4 Å². The van der Waals surface area contributed by atoms with Gasteiger partial charge >= 0.3 is 0 Å². The number of ether oxygens (including phenoxy) is 1. The van der Waals surface area contributed by atoms with Crippen LogP contribution in [0.25, 0.3) is 0 Å². The molecule has 0 fully saturated rings. The fraction of sp³-hybridized carbons (Fsp3) is 0.286. The Morgan fingerprint density at radius 1 is 1.29 bits per heavy atom. The molecule has 0 bridgehead atoms. The molecule has 7 heteroatoms. The summed E-state index contributed by atoms with van der Waals surface area (Å²) in [7, 11) is -1.80. The molecular weight excluding hydrogens is 308 g/mol. The summed E-state index contributed by atoms with van der Waals surface area (Å²) in [5.41, 5.74) is 0.488. The first-order valence-corrected chi connectivity index (χ1v) is 8.89. The van der Waals surface area contributed by atoms with E-state index in [1.165, 1.54) is 11.3 Å². The van der Waals surface area contributed by atoms with Crippen LogP contribution in [-0.2, 0) is 16.6 Å². The van der Waals surface area contributed by atoms with Gasteiger partial charge in [0.05, 0.1) is 12.3 Å². The van der Waals surface area contributed by atoms with Crippen LogP contribution in [0.4, 0.5) is 5.69 Å². The van der Waals surface area contributed by atoms with E-state index in [-0.39, 0.29) is 0 Å². The summed E-state index contributed by atoms with van der Waals surface area (Å²) in [5, 5.41) is 4.75. The Bertz CT molecular complexity index is 696. The van der Waals surface area contributed by atoms with Gasteiger partial charge in [0.2, 0.25) is 0 Å². The van der Waals surface area contributed by atoms with Gasteiger partial charge in [-0.25, -0.2) is 8.42 Å². The van der Waals surface area contributed by atoms with Gasteiger partial charge in [-0.05, 0) is 37.6 Å². The Labute approximate surface area is 129 Å². The number of hydrogen-bond acceptors (Lipinski definition) is 5. The van der Waals surface area contributed by atoms with Gasteiger partial charge in [0.1, 0.15) is 10.6 Å². The lowest BCUT2D eigenvalue weighted by Crippen LogP contribution is -2.15. The van der Waals surface area contributed by atoms with Crippen molar-refractivity contribution in [1.82, 2.24) is 5.32 Å². The number of nitrogens with one attached hydrogen (secondary N) is 2. The van der Waals surface area contributed by atoms with Crippen molar-refractivity contribution in [3.8, 4) is 5.75 Å². The van der Waals surface area contributed by atoms with E-state index in [9.17, 15) is 8.42 Å². The second-order valence-corrected chi connectivity index (χ2v) is 6.96. The van der Waals surface area contributed by atoms with Crippen molar-refractivity contribution in [3.63, 3.8) is 0 Å². The number of benzene rings is 1. The SMILES string of the molecule is CCOc1cccc(NS(=O)(=O)c2ccsc2CNC)c1. The van der Waals surface area contributed by atoms with E-state index < -0.39 is 10.0 Å². The highest BCUT2D eigenvalue weighted by Gasteiger charge is 2.19. The molecule has 2 aromatic rings. The molecule has 0 atom stereocenters. The highest BCUT2D eigenvalue weighted by Crippen LogP contribution is 2.25. The van der Waals surface area contributed by atoms with Gasteiger partial charge in [0.25, 0.3) is 10.0 Å². The Morgan fingerprint density at radius 3 is 2.81 bits per heavy atom. The molecule has 0 aliphatic carbocycles. The average Bonchev–Trinajstić information content (AvgIpc) is 2.89. The van der Waals surface area contributed by atoms with Gasteiger partial charge in [-0.2, -0.15) is 0 Å². The van der Waals surface area contributed by atoms with Crippen LogP contribution in [0.2, 0.25) is 0 Å². The molecule has 1 heterocycles. The smallest absolute Gasteiger partial charge is 0.263 e. The molecule has 2 N–H and O–H groups in total. The second kappa shape index (κ2) is 6.93. The van der Waals surface area contributed by atoms with Gasteiger partial charge in [0.15, 0.2) is 0 Å². The van der Waals surface area contributed by atoms with Crippen LogP contribution >= 0.6 is 11.3 Å². The van der Waals surface area contributed by atoms with Gasteiger partial charge in [-0.15, -0.1) is 11.3 Å². The molecule has 0 amide bonds. The van der Waals surface area contributed by atoms with Crippen molar-refractivity contribution in [2.75, 3.05) is 18.4 Å². The third-order valence-electron chi connectivity index (χ3n) is 2.73. The number of anilines is 1. The zero-order chi connectivity index (χ0) is 15.3. The molecule has 114 valence electrons. The standard InChI is InChI=1S/C14H18N2O3S2/c1-3-19-12-6-4-5-11(9-12)16-21(17,18)14-7-8-20-13(14)10-15-2/h4-9,15-16H,3,10H2,1-2H3. The molecule has 0 saturated heterocycles. The Kier molecular flexibility index (Phi) is 5.22. The minimum atomic E-state index is -3.59. The van der Waals surface area contributed by atoms with E-state index in [1.807, 2.05) is 6.92 Å². The largest absolute Gasteiger partial charge is 0.494 e. The first-order chi connectivity index (χ1) is 10.1. The summed E-state index contributed by atoms with van der Waals surface area (Å²) < 4.78 is 32.9. The molecule has 0 unspecified atom stereocenters. The molecule has 0 spiro atoms. The summed E-state index contributed by atoms with van der Waals surface area (Å²) in [5.74, 6) is 0.637. The van der Waals surface area contributed by atoms with E-state index >= 15 is 0 Å². The maximum absolute atomic E-state index is 12.5. The highest BCUT2D eigenvalue weighted by molar-refractivity contribution is 7.93. The Hall–Kier alpha value is -1.57. The first kappa shape index (κ1) is 15.8. The maximum atomic E-state index is 12.5. The lowest BCUT2D eigenvalue weighted by molar-refractivity contribution is 0.340. The van der Waals surface area contributed by atoms with Crippen LogP contribution in [0, 0.1) is 0 Å². The summed E-state index contributed by atoms with van der Waals surface area (Å²) in [6.45, 7) is 2.94. The third-order valence-corrected chi connectivity index (χ3v) is 5.24. The molecule has 0 aliphatic heterocycles. The van der Waals surface area contributed by atoms with Crippen LogP contribution in [0.5, 0.6) is 5.75 Å². The van der Waals surface area contributed by atoms with Crippen molar-refractivity contribution in [2.24, 2.45) is 0 Å². The van der Waals surface area contributed by atoms with Crippen molar-refractivity contribution in [1.29, 1.82) is 0 Å². The van der Waals surface area contributed by atoms with E-state index in [0.717, 1.165) is 4.88 Å². The first-order valence-electron chi connectivity index (χ1n) is 6.53. The summed E-state index contributed by atoms with van der Waals surface area (Å²) in [6.07, 6.45) is 0. The number of hydrogen-bond donors (Lipinski definition) is 2. The van der Waals surface area contributed by atoms with E-state index in [2.05, 4.69) is 10.0 Å². The summed E-state index contributed by atoms with van der Waals surface area (Å²) in [6, 6.07) is 8.53. The maximum Gasteiger partial charge on any atom is 0.263 e. The minimum Gasteiger partial charge on any atom is -0.494 e. The lowest BCUT2D eigenvalue weighted by atomic mass is 10.3. The lowest BCUT2D eigenvalue weighted by Gasteiger charge is -2.10. The van der Waals surface area contributed by atoms with E-state index in [4.69, 9.17) is 4.74 Å². The molecule has 2 rings (SSSR count). The predicted molar refractivity (Wildman–Crippen MR) is 85.5 cm³/mol. The minimum absolute atomic E-state index is 0.309. The van der Waals surface area contributed by atoms with Crippen LogP contribution in [0.1, 0.15) is 11.8 Å². The van der Waals surface area contributed by atoms with Crippen LogP contribution in [0.15, 0.2) is 40.6 Å². The number of rotatable bonds is 7. The number of thiophene rings is 1. The van der Waals surface area contributed by atoms with Crippen LogP contribution in [-0.4, -0.2) is 22.1 Å². The molecule has 0 saturated carbocycles. The van der Waals surface area contributed by atoms with E-state index in [1.54, 1.807) is 42.8 Å². The normalized spacial score (nSPS) is 11.3. The Balaban J connectivity index is 2.24. The van der Waals surface area contributed by atoms with Gasteiger partial charge in [-0.3, -0.25) is 4.72 Å². The van der Waals surface area contributed by atoms with Gasteiger partial charge in [-0.1, -0.05) is 6.07 Å². The zero-order valence-corrected chi connectivity index (χ0v) is 13.6. The molecule has 5 nitrogen and oxygen atoms in total. The molecule has 1 aromatic heterocycles. The molecule has 0 aliphatic rings. The molecule has 21 heavy (non-hydrogen) atoms. The third kappa shape index (κ3) is 3.96. The molecular formula is C14H18N2O3S2. The van der Waals surface area contributed by atoms with Crippen molar-refractivity contribution >= 4 is 27.0 Å². The highest BCUT2D eigenvalue weighted by atomic mass is 32.2. The Morgan fingerprint density at radius 2 is 2.10 bits per heavy atom. The zero-order valence-electron chi connectivity index (χ0n) is 11.9. The van der Waals surface area contributed by atoms with Crippen LogP contribution in [0.3, 0.4) is 0 Å². The molecule has 1 aromatic carbocycles. The van der Waals surface area contributed by atoms with Gasteiger partial charge < -0.3 is 10.1 Å². The average molecular weight is 326 g/mol. The van der Waals surface area contributed by atoms with Crippen molar-refractivity contribution in [3.05, 3.63) is 40.6 Å². The summed E-state index contributed by atoms with van der Waals surface area (Å²) >= 11 is 1.42. The quantitative estimate of drug-likeness (QED) is 0.821. The fourth-order valence-electron chi connectivity index (χ4n) is 1.88. The predicted octanol–water partition coefficient (Wildman–Crippen LogP) is 2.67. The number of sulfonamides is 1. The second-order valence-electron chi connectivity index (χ2n) is 4.30. The fourth-order valence-corrected chi connectivity index (χ4v) is 4.39.